The Morgan fingerprint density at radius 3 is 2.81 bits per heavy atom. The molecule has 1 fully saturated rings. The third kappa shape index (κ3) is 1.79. The number of aryl methyl sites for hydroxylation is 1. The van der Waals surface area contributed by atoms with Crippen molar-refractivity contribution in [2.45, 2.75) is 38.8 Å². The van der Waals surface area contributed by atoms with Gasteiger partial charge in [-0.3, -0.25) is 4.79 Å². The zero-order chi connectivity index (χ0) is 11.7. The summed E-state index contributed by atoms with van der Waals surface area (Å²) >= 11 is 0. The largest absolute Gasteiger partial charge is 0.397 e. The number of nitrogens with two attached hydrogens (primary N) is 1. The highest BCUT2D eigenvalue weighted by Crippen LogP contribution is 2.25. The molecular formula is C12H19N3O. The number of carbonyl (C=O) groups excluding carboxylic acids is 1. The number of amides is 1. The molecule has 88 valence electrons. The molecule has 0 aliphatic heterocycles. The fourth-order valence-corrected chi connectivity index (χ4v) is 2.09. The van der Waals surface area contributed by atoms with Crippen LogP contribution in [0.2, 0.25) is 0 Å². The Bertz CT molecular complexity index is 393. The minimum Gasteiger partial charge on any atom is -0.397 e. The maximum absolute atomic E-state index is 12.2. The Balaban J connectivity index is 2.18. The third-order valence-electron chi connectivity index (χ3n) is 3.42. The molecule has 0 bridgehead atoms. The van der Waals surface area contributed by atoms with Crippen molar-refractivity contribution in [2.24, 2.45) is 0 Å². The lowest BCUT2D eigenvalue weighted by molar-refractivity contribution is 0.0641. The summed E-state index contributed by atoms with van der Waals surface area (Å²) in [4.78, 5) is 14.1. The molecule has 1 aromatic rings. The van der Waals surface area contributed by atoms with Crippen LogP contribution in [0, 0.1) is 0 Å². The number of hydrogen-bond donors (Lipinski definition) is 1. The molecular weight excluding hydrogens is 202 g/mol. The average molecular weight is 221 g/mol. The fourth-order valence-electron chi connectivity index (χ4n) is 2.09. The summed E-state index contributed by atoms with van der Waals surface area (Å²) in [6.45, 7) is 2.79. The van der Waals surface area contributed by atoms with Gasteiger partial charge in [-0.15, -0.1) is 0 Å². The van der Waals surface area contributed by atoms with Crippen LogP contribution >= 0.6 is 0 Å². The first-order chi connectivity index (χ1) is 7.63. The summed E-state index contributed by atoms with van der Waals surface area (Å²) in [5.74, 6) is 0.0863. The van der Waals surface area contributed by atoms with Crippen molar-refractivity contribution in [1.82, 2.24) is 9.47 Å². The van der Waals surface area contributed by atoms with E-state index in [-0.39, 0.29) is 5.91 Å². The van der Waals surface area contributed by atoms with Crippen molar-refractivity contribution in [3.63, 3.8) is 0 Å². The smallest absolute Gasteiger partial charge is 0.270 e. The van der Waals surface area contributed by atoms with Gasteiger partial charge in [-0.1, -0.05) is 0 Å². The van der Waals surface area contributed by atoms with Gasteiger partial charge in [0.05, 0.1) is 5.69 Å². The molecule has 1 amide bonds. The standard InChI is InChI=1S/C12H19N3O/c1-3-15-8-9(13)7-11(15)12(16)14(2)10-5-4-6-10/h7-8,10H,3-6,13H2,1-2H3. The highest BCUT2D eigenvalue weighted by Gasteiger charge is 2.27. The van der Waals surface area contributed by atoms with Gasteiger partial charge in [-0.05, 0) is 32.3 Å². The highest BCUT2D eigenvalue weighted by atomic mass is 16.2. The van der Waals surface area contributed by atoms with Crippen molar-refractivity contribution in [3.05, 3.63) is 18.0 Å². The number of anilines is 1. The van der Waals surface area contributed by atoms with Gasteiger partial charge in [0.2, 0.25) is 0 Å². The van der Waals surface area contributed by atoms with Crippen LogP contribution in [0.1, 0.15) is 36.7 Å². The fraction of sp³-hybridized carbons (Fsp3) is 0.583. The monoisotopic (exact) mass is 221 g/mol. The van der Waals surface area contributed by atoms with Crippen molar-refractivity contribution >= 4 is 11.6 Å². The number of rotatable bonds is 3. The van der Waals surface area contributed by atoms with Gasteiger partial charge in [-0.2, -0.15) is 0 Å². The molecule has 1 heterocycles. The van der Waals surface area contributed by atoms with E-state index in [0.29, 0.717) is 17.4 Å². The van der Waals surface area contributed by atoms with Crippen LogP contribution in [-0.4, -0.2) is 28.5 Å². The van der Waals surface area contributed by atoms with E-state index >= 15 is 0 Å². The molecule has 4 heteroatoms. The van der Waals surface area contributed by atoms with Gasteiger partial charge in [0.25, 0.3) is 5.91 Å². The number of carbonyl (C=O) groups is 1. The topological polar surface area (TPSA) is 51.3 Å². The molecule has 1 aromatic heterocycles. The van der Waals surface area contributed by atoms with Crippen LogP contribution in [0.25, 0.3) is 0 Å². The van der Waals surface area contributed by atoms with Crippen LogP contribution in [0.4, 0.5) is 5.69 Å². The van der Waals surface area contributed by atoms with Gasteiger partial charge < -0.3 is 15.2 Å². The summed E-state index contributed by atoms with van der Waals surface area (Å²) in [5.41, 5.74) is 7.09. The predicted octanol–water partition coefficient (Wildman–Crippen LogP) is 1.71. The third-order valence-corrected chi connectivity index (χ3v) is 3.42. The first-order valence-corrected chi connectivity index (χ1v) is 5.86. The molecule has 4 nitrogen and oxygen atoms in total. The Kier molecular flexibility index (Phi) is 2.90. The molecule has 2 N–H and O–H groups in total. The molecule has 1 aliphatic rings. The quantitative estimate of drug-likeness (QED) is 0.844. The molecule has 2 rings (SSSR count). The van der Waals surface area contributed by atoms with E-state index < -0.39 is 0 Å². The molecule has 0 saturated heterocycles. The Labute approximate surface area is 96.0 Å². The molecule has 0 radical (unpaired) electrons. The molecule has 0 atom stereocenters. The van der Waals surface area contributed by atoms with Gasteiger partial charge >= 0.3 is 0 Å². The molecule has 16 heavy (non-hydrogen) atoms. The molecule has 0 unspecified atom stereocenters. The first kappa shape index (κ1) is 11.0. The van der Waals surface area contributed by atoms with Gasteiger partial charge in [0, 0.05) is 25.8 Å². The second-order valence-electron chi connectivity index (χ2n) is 4.45. The van der Waals surface area contributed by atoms with Gasteiger partial charge in [-0.25, -0.2) is 0 Å². The van der Waals surface area contributed by atoms with E-state index in [9.17, 15) is 4.79 Å². The number of nitrogens with zero attached hydrogens (tertiary/aromatic N) is 2. The number of nitrogen functional groups attached to an aromatic ring is 1. The predicted molar refractivity (Wildman–Crippen MR) is 64.3 cm³/mol. The van der Waals surface area contributed by atoms with Gasteiger partial charge in [0.15, 0.2) is 0 Å². The molecule has 1 saturated carbocycles. The minimum atomic E-state index is 0.0863. The first-order valence-electron chi connectivity index (χ1n) is 5.86. The Hall–Kier alpha value is -1.45. The molecule has 0 aromatic carbocycles. The van der Waals surface area contributed by atoms with Crippen LogP contribution in [0.3, 0.4) is 0 Å². The van der Waals surface area contributed by atoms with E-state index in [0.717, 1.165) is 19.4 Å². The average Bonchev–Trinajstić information content (AvgIpc) is 2.55. The summed E-state index contributed by atoms with van der Waals surface area (Å²) in [7, 11) is 1.88. The summed E-state index contributed by atoms with van der Waals surface area (Å²) in [6, 6.07) is 2.19. The van der Waals surface area contributed by atoms with Crippen LogP contribution in [0.15, 0.2) is 12.3 Å². The second kappa shape index (κ2) is 4.20. The zero-order valence-corrected chi connectivity index (χ0v) is 9.94. The van der Waals surface area contributed by atoms with E-state index in [1.54, 1.807) is 6.07 Å². The van der Waals surface area contributed by atoms with E-state index in [2.05, 4.69) is 0 Å². The highest BCUT2D eigenvalue weighted by molar-refractivity contribution is 5.94. The SMILES string of the molecule is CCn1cc(N)cc1C(=O)N(C)C1CCC1. The zero-order valence-electron chi connectivity index (χ0n) is 9.94. The van der Waals surface area contributed by atoms with E-state index in [1.165, 1.54) is 6.42 Å². The summed E-state index contributed by atoms with van der Waals surface area (Å²) in [5, 5.41) is 0. The number of aromatic nitrogens is 1. The van der Waals surface area contributed by atoms with Crippen molar-refractivity contribution in [3.8, 4) is 0 Å². The summed E-state index contributed by atoms with van der Waals surface area (Å²) in [6.07, 6.45) is 5.32. The van der Waals surface area contributed by atoms with E-state index in [1.807, 2.05) is 29.6 Å². The Morgan fingerprint density at radius 1 is 1.62 bits per heavy atom. The molecule has 1 aliphatic carbocycles. The van der Waals surface area contributed by atoms with E-state index in [4.69, 9.17) is 5.73 Å². The van der Waals surface area contributed by atoms with Crippen LogP contribution < -0.4 is 5.73 Å². The minimum absolute atomic E-state index is 0.0863. The lowest BCUT2D eigenvalue weighted by Gasteiger charge is -2.34. The molecule has 0 spiro atoms. The van der Waals surface area contributed by atoms with Crippen molar-refractivity contribution < 1.29 is 4.79 Å². The maximum Gasteiger partial charge on any atom is 0.270 e. The van der Waals surface area contributed by atoms with Gasteiger partial charge in [0.1, 0.15) is 5.69 Å². The second-order valence-corrected chi connectivity index (χ2v) is 4.45. The van der Waals surface area contributed by atoms with Crippen LogP contribution in [-0.2, 0) is 6.54 Å². The van der Waals surface area contributed by atoms with Crippen molar-refractivity contribution in [2.75, 3.05) is 12.8 Å². The summed E-state index contributed by atoms with van der Waals surface area (Å²) < 4.78 is 1.91. The number of hydrogen-bond acceptors (Lipinski definition) is 2. The lowest BCUT2D eigenvalue weighted by Crippen LogP contribution is -2.41. The van der Waals surface area contributed by atoms with Crippen LogP contribution in [0.5, 0.6) is 0 Å². The maximum atomic E-state index is 12.2. The Morgan fingerprint density at radius 2 is 2.31 bits per heavy atom. The lowest BCUT2D eigenvalue weighted by atomic mass is 9.92. The van der Waals surface area contributed by atoms with Crippen molar-refractivity contribution in [1.29, 1.82) is 0 Å². The normalized spacial score (nSPS) is 15.9.